The van der Waals surface area contributed by atoms with Crippen LogP contribution in [0.2, 0.25) is 0 Å². The minimum absolute atomic E-state index is 0.0174. The lowest BCUT2D eigenvalue weighted by Crippen LogP contribution is -2.48. The Kier molecular flexibility index (Phi) is 5.23. The number of benzene rings is 1. The molecular formula is C21H22F3N5O. The van der Waals surface area contributed by atoms with Gasteiger partial charge in [-0.2, -0.15) is 18.3 Å². The lowest BCUT2D eigenvalue weighted by Gasteiger charge is -2.34. The number of aryl methyl sites for hydroxylation is 2. The van der Waals surface area contributed by atoms with Crippen molar-refractivity contribution in [2.45, 2.75) is 26.6 Å². The summed E-state index contributed by atoms with van der Waals surface area (Å²) in [5.74, 6) is -0.374. The Bertz CT molecular complexity index is 1080. The van der Waals surface area contributed by atoms with Crippen molar-refractivity contribution in [1.82, 2.24) is 24.4 Å². The first kappa shape index (κ1) is 20.3. The fourth-order valence-corrected chi connectivity index (χ4v) is 3.75. The monoisotopic (exact) mass is 417 g/mol. The van der Waals surface area contributed by atoms with Gasteiger partial charge in [-0.1, -0.05) is 29.8 Å². The molecule has 3 heterocycles. The van der Waals surface area contributed by atoms with Gasteiger partial charge in [-0.25, -0.2) is 9.50 Å². The minimum atomic E-state index is -4.58. The second kappa shape index (κ2) is 7.71. The van der Waals surface area contributed by atoms with Crippen LogP contribution < -0.4 is 0 Å². The van der Waals surface area contributed by atoms with Crippen LogP contribution in [0.15, 0.2) is 36.4 Å². The Morgan fingerprint density at radius 3 is 2.47 bits per heavy atom. The van der Waals surface area contributed by atoms with E-state index in [0.29, 0.717) is 30.7 Å². The number of alkyl halides is 3. The molecule has 6 nitrogen and oxygen atoms in total. The fraction of sp³-hybridized carbons (Fsp3) is 0.381. The van der Waals surface area contributed by atoms with E-state index in [2.05, 4.69) is 40.1 Å². The van der Waals surface area contributed by atoms with Crippen molar-refractivity contribution in [1.29, 1.82) is 0 Å². The highest BCUT2D eigenvalue weighted by molar-refractivity contribution is 5.93. The van der Waals surface area contributed by atoms with Crippen molar-refractivity contribution < 1.29 is 18.0 Å². The summed E-state index contributed by atoms with van der Waals surface area (Å²) in [6.45, 7) is 6.72. The molecule has 0 radical (unpaired) electrons. The molecular weight excluding hydrogens is 395 g/mol. The smallest absolute Gasteiger partial charge is 0.335 e. The first-order valence-electron chi connectivity index (χ1n) is 9.72. The number of piperazine rings is 1. The zero-order valence-electron chi connectivity index (χ0n) is 16.8. The Morgan fingerprint density at radius 1 is 1.07 bits per heavy atom. The predicted molar refractivity (Wildman–Crippen MR) is 105 cm³/mol. The van der Waals surface area contributed by atoms with E-state index < -0.39 is 11.9 Å². The first-order valence-corrected chi connectivity index (χ1v) is 9.72. The maximum atomic E-state index is 13.3. The Labute approximate surface area is 171 Å². The predicted octanol–water partition coefficient (Wildman–Crippen LogP) is 3.32. The van der Waals surface area contributed by atoms with E-state index >= 15 is 0 Å². The molecule has 0 N–H and O–H groups in total. The van der Waals surface area contributed by atoms with Crippen LogP contribution in [0.4, 0.5) is 13.2 Å². The molecule has 2 aromatic heterocycles. The van der Waals surface area contributed by atoms with Crippen molar-refractivity contribution in [3.8, 4) is 0 Å². The summed E-state index contributed by atoms with van der Waals surface area (Å²) in [4.78, 5) is 20.8. The number of aromatic nitrogens is 3. The van der Waals surface area contributed by atoms with Crippen LogP contribution in [0.1, 0.15) is 33.0 Å². The average molecular weight is 417 g/mol. The second-order valence-corrected chi connectivity index (χ2v) is 7.64. The lowest BCUT2D eigenvalue weighted by molar-refractivity contribution is -0.142. The third-order valence-corrected chi connectivity index (χ3v) is 5.21. The quantitative estimate of drug-likeness (QED) is 0.656. The highest BCUT2D eigenvalue weighted by Gasteiger charge is 2.35. The van der Waals surface area contributed by atoms with Gasteiger partial charge in [0.05, 0.1) is 0 Å². The van der Waals surface area contributed by atoms with Crippen molar-refractivity contribution in [2.24, 2.45) is 0 Å². The number of rotatable bonds is 3. The molecule has 0 aliphatic carbocycles. The van der Waals surface area contributed by atoms with E-state index in [-0.39, 0.29) is 22.9 Å². The molecule has 1 aliphatic rings. The van der Waals surface area contributed by atoms with E-state index in [1.165, 1.54) is 24.1 Å². The van der Waals surface area contributed by atoms with Gasteiger partial charge in [-0.3, -0.25) is 9.69 Å². The molecule has 158 valence electrons. The van der Waals surface area contributed by atoms with E-state index in [9.17, 15) is 18.0 Å². The van der Waals surface area contributed by atoms with Gasteiger partial charge in [0.2, 0.25) is 0 Å². The van der Waals surface area contributed by atoms with E-state index in [0.717, 1.165) is 12.6 Å². The minimum Gasteiger partial charge on any atom is -0.335 e. The molecule has 1 aliphatic heterocycles. The fourth-order valence-electron chi connectivity index (χ4n) is 3.75. The summed E-state index contributed by atoms with van der Waals surface area (Å²) in [6.07, 6.45) is -4.58. The van der Waals surface area contributed by atoms with Crippen LogP contribution in [0.25, 0.3) is 5.65 Å². The number of carbonyl (C=O) groups excluding carboxylic acids is 1. The third kappa shape index (κ3) is 4.16. The van der Waals surface area contributed by atoms with Gasteiger partial charge in [-0.05, 0) is 25.5 Å². The summed E-state index contributed by atoms with van der Waals surface area (Å²) in [6, 6.07) is 10.5. The zero-order valence-corrected chi connectivity index (χ0v) is 16.8. The summed E-state index contributed by atoms with van der Waals surface area (Å²) in [5.41, 5.74) is 1.70. The second-order valence-electron chi connectivity index (χ2n) is 7.64. The van der Waals surface area contributed by atoms with Gasteiger partial charge in [0.15, 0.2) is 11.3 Å². The number of hydrogen-bond acceptors (Lipinski definition) is 4. The highest BCUT2D eigenvalue weighted by atomic mass is 19.4. The van der Waals surface area contributed by atoms with Crippen LogP contribution in [0.3, 0.4) is 0 Å². The Hall–Kier alpha value is -2.94. The molecule has 1 fully saturated rings. The van der Waals surface area contributed by atoms with Crippen LogP contribution in [-0.2, 0) is 12.7 Å². The zero-order chi connectivity index (χ0) is 21.5. The molecule has 0 bridgehead atoms. The van der Waals surface area contributed by atoms with Crippen LogP contribution in [0.5, 0.6) is 0 Å². The van der Waals surface area contributed by atoms with Gasteiger partial charge in [0.1, 0.15) is 5.69 Å². The molecule has 4 rings (SSSR count). The highest BCUT2D eigenvalue weighted by Crippen LogP contribution is 2.30. The summed E-state index contributed by atoms with van der Waals surface area (Å²) in [7, 11) is 0. The van der Waals surface area contributed by atoms with Gasteiger partial charge < -0.3 is 4.90 Å². The van der Waals surface area contributed by atoms with E-state index in [1.54, 1.807) is 4.90 Å². The number of fused-ring (bicyclic) bond motifs is 1. The van der Waals surface area contributed by atoms with Crippen molar-refractivity contribution in [3.63, 3.8) is 0 Å². The third-order valence-electron chi connectivity index (χ3n) is 5.21. The molecule has 30 heavy (non-hydrogen) atoms. The SMILES string of the molecule is Cc1cccc(CN2CCN(C(=O)c3cc4nc(C)cc(C(F)(F)F)n4n3)CC2)c1. The molecule has 9 heteroatoms. The summed E-state index contributed by atoms with van der Waals surface area (Å²) in [5, 5.41) is 3.92. The molecule has 1 saturated heterocycles. The largest absolute Gasteiger partial charge is 0.433 e. The first-order chi connectivity index (χ1) is 14.2. The average Bonchev–Trinajstić information content (AvgIpc) is 3.10. The van der Waals surface area contributed by atoms with Gasteiger partial charge in [-0.15, -0.1) is 0 Å². The van der Waals surface area contributed by atoms with E-state index in [1.807, 2.05) is 6.07 Å². The molecule has 3 aromatic rings. The van der Waals surface area contributed by atoms with E-state index in [4.69, 9.17) is 0 Å². The van der Waals surface area contributed by atoms with Crippen molar-refractivity contribution >= 4 is 11.6 Å². The number of halogens is 3. The van der Waals surface area contributed by atoms with Gasteiger partial charge in [0.25, 0.3) is 5.91 Å². The van der Waals surface area contributed by atoms with Crippen LogP contribution in [0, 0.1) is 13.8 Å². The Morgan fingerprint density at radius 2 is 1.80 bits per heavy atom. The van der Waals surface area contributed by atoms with Crippen molar-refractivity contribution in [2.75, 3.05) is 26.2 Å². The normalized spacial score (nSPS) is 15.7. The van der Waals surface area contributed by atoms with Crippen LogP contribution in [-0.4, -0.2) is 56.5 Å². The number of carbonyl (C=O) groups is 1. The van der Waals surface area contributed by atoms with Crippen molar-refractivity contribution in [3.05, 3.63) is 64.6 Å². The van der Waals surface area contributed by atoms with Crippen LogP contribution >= 0.6 is 0 Å². The molecule has 0 saturated carbocycles. The van der Waals surface area contributed by atoms with Gasteiger partial charge in [0, 0.05) is 44.5 Å². The molecule has 0 atom stereocenters. The number of nitrogens with zero attached hydrogens (tertiary/aromatic N) is 5. The lowest BCUT2D eigenvalue weighted by atomic mass is 10.1. The van der Waals surface area contributed by atoms with Gasteiger partial charge >= 0.3 is 6.18 Å². The standard InChI is InChI=1S/C21H22F3N5O/c1-14-4-3-5-16(10-14)13-27-6-8-28(9-7-27)20(30)17-12-19-25-15(2)11-18(21(22,23)24)29(19)26-17/h3-5,10-12H,6-9,13H2,1-2H3. The molecule has 0 unspecified atom stereocenters. The number of hydrogen-bond donors (Lipinski definition) is 0. The molecule has 1 aromatic carbocycles. The topological polar surface area (TPSA) is 53.7 Å². The maximum absolute atomic E-state index is 13.3. The maximum Gasteiger partial charge on any atom is 0.433 e. The molecule has 1 amide bonds. The Balaban J connectivity index is 1.47. The summed E-state index contributed by atoms with van der Waals surface area (Å²) >= 11 is 0. The molecule has 0 spiro atoms. The number of amides is 1. The summed E-state index contributed by atoms with van der Waals surface area (Å²) < 4.78 is 40.7.